The molecule has 0 atom stereocenters. The van der Waals surface area contributed by atoms with Gasteiger partial charge in [0.25, 0.3) is 0 Å². The standard InChI is InChI=1S/C10H12O/c1-10(2)7-5-3-4-6-8-11-9-10/h3-8H,1-2H3/b4-3-,7-5-,8-6-. The van der Waals surface area contributed by atoms with Crippen molar-refractivity contribution in [1.82, 2.24) is 0 Å². The van der Waals surface area contributed by atoms with E-state index in [1.165, 1.54) is 0 Å². The van der Waals surface area contributed by atoms with Crippen LogP contribution in [0.4, 0.5) is 0 Å². The van der Waals surface area contributed by atoms with Crippen molar-refractivity contribution in [3.05, 3.63) is 43.2 Å². The molecule has 1 nitrogen and oxygen atoms in total. The van der Waals surface area contributed by atoms with Gasteiger partial charge in [0.15, 0.2) is 0 Å². The van der Waals surface area contributed by atoms with Crippen molar-refractivity contribution in [1.29, 1.82) is 0 Å². The largest absolute Gasteiger partial charge is 0.485 e. The average molecular weight is 148 g/mol. The van der Waals surface area contributed by atoms with Crippen molar-refractivity contribution in [3.8, 4) is 0 Å². The molecule has 1 aliphatic rings. The average Bonchev–Trinajstić information content (AvgIpc) is 2.00. The maximum atomic E-state index is 5.04. The Morgan fingerprint density at radius 2 is 1.82 bits per heavy atom. The van der Waals surface area contributed by atoms with Crippen molar-refractivity contribution in [3.63, 3.8) is 0 Å². The van der Waals surface area contributed by atoms with Gasteiger partial charge in [-0.1, -0.05) is 38.2 Å². The van der Waals surface area contributed by atoms with Gasteiger partial charge in [0.1, 0.15) is 0 Å². The molecule has 11 heavy (non-hydrogen) atoms. The highest BCUT2D eigenvalue weighted by Gasteiger charge is 2.15. The van der Waals surface area contributed by atoms with Gasteiger partial charge in [0.05, 0.1) is 6.26 Å². The molecule has 0 spiro atoms. The zero-order valence-electron chi connectivity index (χ0n) is 6.87. The molecule has 0 aromatic rings. The van der Waals surface area contributed by atoms with E-state index in [4.69, 9.17) is 4.74 Å². The number of ether oxygens (including phenoxy) is 1. The van der Waals surface area contributed by atoms with Crippen LogP contribution < -0.4 is 0 Å². The van der Waals surface area contributed by atoms with Crippen molar-refractivity contribution in [2.45, 2.75) is 13.8 Å². The minimum absolute atomic E-state index is 0.112. The molecule has 58 valence electrons. The van der Waals surface area contributed by atoms with Gasteiger partial charge in [0.2, 0.25) is 6.61 Å². The van der Waals surface area contributed by atoms with E-state index in [1.807, 2.05) is 44.2 Å². The lowest BCUT2D eigenvalue weighted by atomic mass is 9.94. The number of hydrogen-bond acceptors (Lipinski definition) is 1. The van der Waals surface area contributed by atoms with Gasteiger partial charge in [-0.15, -0.1) is 0 Å². The summed E-state index contributed by atoms with van der Waals surface area (Å²) in [6.07, 6.45) is 11.4. The molecule has 0 saturated carbocycles. The highest BCUT2D eigenvalue weighted by Crippen LogP contribution is 2.22. The summed E-state index contributed by atoms with van der Waals surface area (Å²) in [6, 6.07) is 0. The molecule has 1 aliphatic heterocycles. The van der Waals surface area contributed by atoms with Crippen LogP contribution in [0.3, 0.4) is 0 Å². The highest BCUT2D eigenvalue weighted by atomic mass is 16.5. The molecule has 0 amide bonds. The Morgan fingerprint density at radius 1 is 1.09 bits per heavy atom. The molecule has 0 saturated heterocycles. The molecular weight excluding hydrogens is 136 g/mol. The SMILES string of the molecule is CC1(C)[C]O\C=C/C=C\C=C/1. The van der Waals surface area contributed by atoms with Gasteiger partial charge in [-0.25, -0.2) is 0 Å². The first-order valence-corrected chi connectivity index (χ1v) is 3.65. The second kappa shape index (κ2) is 3.42. The van der Waals surface area contributed by atoms with E-state index in [1.54, 1.807) is 6.26 Å². The monoisotopic (exact) mass is 148 g/mol. The van der Waals surface area contributed by atoms with E-state index in [2.05, 4.69) is 6.61 Å². The van der Waals surface area contributed by atoms with Gasteiger partial charge in [-0.05, 0) is 6.08 Å². The van der Waals surface area contributed by atoms with Crippen LogP contribution in [0.15, 0.2) is 36.6 Å². The number of rotatable bonds is 0. The molecule has 0 N–H and O–H groups in total. The number of hydrogen-bond donors (Lipinski definition) is 0. The first-order chi connectivity index (χ1) is 5.21. The third-order valence-electron chi connectivity index (χ3n) is 1.31. The fourth-order valence-electron chi connectivity index (χ4n) is 0.729. The van der Waals surface area contributed by atoms with Crippen molar-refractivity contribution in [2.75, 3.05) is 0 Å². The predicted molar refractivity (Wildman–Crippen MR) is 45.5 cm³/mol. The van der Waals surface area contributed by atoms with Gasteiger partial charge < -0.3 is 4.74 Å². The van der Waals surface area contributed by atoms with Crippen LogP contribution in [-0.4, -0.2) is 0 Å². The topological polar surface area (TPSA) is 9.23 Å². The Balaban J connectivity index is 2.68. The molecule has 0 unspecified atom stereocenters. The third-order valence-corrected chi connectivity index (χ3v) is 1.31. The van der Waals surface area contributed by atoms with Crippen LogP contribution >= 0.6 is 0 Å². The Hall–Kier alpha value is -0.980. The van der Waals surface area contributed by atoms with Crippen LogP contribution in [0.1, 0.15) is 13.8 Å². The zero-order chi connectivity index (χ0) is 8.16. The Bertz CT molecular complexity index is 197. The smallest absolute Gasteiger partial charge is 0.205 e. The van der Waals surface area contributed by atoms with Crippen LogP contribution in [0.25, 0.3) is 0 Å². The number of allylic oxidation sites excluding steroid dienone is 4. The summed E-state index contributed by atoms with van der Waals surface area (Å²) in [4.78, 5) is 0. The lowest BCUT2D eigenvalue weighted by molar-refractivity contribution is 0.252. The fourth-order valence-corrected chi connectivity index (χ4v) is 0.729. The normalized spacial score (nSPS) is 30.4. The summed E-state index contributed by atoms with van der Waals surface area (Å²) in [5.41, 5.74) is -0.112. The van der Waals surface area contributed by atoms with Crippen LogP contribution in [0.2, 0.25) is 0 Å². The highest BCUT2D eigenvalue weighted by molar-refractivity contribution is 5.15. The van der Waals surface area contributed by atoms with E-state index in [0.29, 0.717) is 0 Å². The summed E-state index contributed by atoms with van der Waals surface area (Å²) in [5, 5.41) is 0. The maximum Gasteiger partial charge on any atom is 0.205 e. The summed E-state index contributed by atoms with van der Waals surface area (Å²) in [7, 11) is 0. The minimum Gasteiger partial charge on any atom is -0.485 e. The molecule has 1 heteroatoms. The third kappa shape index (κ3) is 3.08. The molecular formula is C10H12O. The van der Waals surface area contributed by atoms with Gasteiger partial charge in [-0.3, -0.25) is 0 Å². The minimum atomic E-state index is -0.112. The van der Waals surface area contributed by atoms with Crippen LogP contribution in [0, 0.1) is 12.0 Å². The lowest BCUT2D eigenvalue weighted by Gasteiger charge is -2.15. The lowest BCUT2D eigenvalue weighted by Crippen LogP contribution is -2.08. The Morgan fingerprint density at radius 3 is 2.64 bits per heavy atom. The molecule has 0 bridgehead atoms. The van der Waals surface area contributed by atoms with Crippen LogP contribution in [0.5, 0.6) is 0 Å². The van der Waals surface area contributed by atoms with E-state index in [-0.39, 0.29) is 5.41 Å². The van der Waals surface area contributed by atoms with Crippen molar-refractivity contribution in [2.24, 2.45) is 5.41 Å². The van der Waals surface area contributed by atoms with E-state index in [9.17, 15) is 0 Å². The second-order valence-corrected chi connectivity index (χ2v) is 3.01. The molecule has 0 aromatic carbocycles. The second-order valence-electron chi connectivity index (χ2n) is 3.01. The summed E-state index contributed by atoms with van der Waals surface area (Å²) in [6.45, 7) is 6.96. The fraction of sp³-hybridized carbons (Fsp3) is 0.300. The maximum absolute atomic E-state index is 5.04. The Labute approximate surface area is 68.1 Å². The molecule has 1 rings (SSSR count). The zero-order valence-corrected chi connectivity index (χ0v) is 6.87. The molecule has 0 aromatic heterocycles. The van der Waals surface area contributed by atoms with Gasteiger partial charge in [0, 0.05) is 5.41 Å². The quantitative estimate of drug-likeness (QED) is 0.513. The summed E-state index contributed by atoms with van der Waals surface area (Å²) >= 11 is 0. The van der Waals surface area contributed by atoms with E-state index < -0.39 is 0 Å². The molecule has 2 radical (unpaired) electrons. The van der Waals surface area contributed by atoms with Crippen LogP contribution in [-0.2, 0) is 4.74 Å². The van der Waals surface area contributed by atoms with E-state index >= 15 is 0 Å². The first kappa shape index (κ1) is 8.12. The molecule has 0 fully saturated rings. The van der Waals surface area contributed by atoms with Crippen molar-refractivity contribution < 1.29 is 4.74 Å². The summed E-state index contributed by atoms with van der Waals surface area (Å²) in [5.74, 6) is 0. The van der Waals surface area contributed by atoms with Gasteiger partial charge in [-0.2, -0.15) is 0 Å². The Kier molecular flexibility index (Phi) is 2.53. The summed E-state index contributed by atoms with van der Waals surface area (Å²) < 4.78 is 5.04. The first-order valence-electron chi connectivity index (χ1n) is 3.65. The molecule has 1 heterocycles. The molecule has 0 aliphatic carbocycles. The predicted octanol–water partition coefficient (Wildman–Crippen LogP) is 2.71. The van der Waals surface area contributed by atoms with Gasteiger partial charge >= 0.3 is 0 Å². The van der Waals surface area contributed by atoms with E-state index in [0.717, 1.165) is 0 Å². The van der Waals surface area contributed by atoms with Crippen molar-refractivity contribution >= 4 is 0 Å².